The predicted molar refractivity (Wildman–Crippen MR) is 131 cm³/mol. The predicted octanol–water partition coefficient (Wildman–Crippen LogP) is 4.31. The lowest BCUT2D eigenvalue weighted by Crippen LogP contribution is -2.48. The lowest BCUT2D eigenvalue weighted by Gasteiger charge is -2.40. The first-order chi connectivity index (χ1) is 16.4. The van der Waals surface area contributed by atoms with Gasteiger partial charge in [0.1, 0.15) is 11.6 Å². The standard InChI is InChI=1S/C26H35F2N3O2S/c27-23-9-5-21(6-10-23)26(22-7-11-24(28)12-8-22)31-18-16-30(17-19-31)15-3-1-2-4-20-34(32,33)29-25-13-14-25/h5-12,25-26,29H,1-4,13-20H2. The Morgan fingerprint density at radius 3 is 1.85 bits per heavy atom. The Morgan fingerprint density at radius 2 is 1.32 bits per heavy atom. The van der Waals surface area contributed by atoms with Crippen LogP contribution in [0.15, 0.2) is 48.5 Å². The van der Waals surface area contributed by atoms with Crippen LogP contribution in [0.4, 0.5) is 8.78 Å². The summed E-state index contributed by atoms with van der Waals surface area (Å²) in [5.74, 6) is -0.289. The Hall–Kier alpha value is -1.87. The molecule has 1 heterocycles. The molecule has 2 aliphatic rings. The number of halogens is 2. The van der Waals surface area contributed by atoms with Gasteiger partial charge in [0.2, 0.25) is 10.0 Å². The SMILES string of the molecule is O=S(=O)(CCCCCCN1CCN(C(c2ccc(F)cc2)c2ccc(F)cc2)CC1)NC1CC1. The number of nitrogens with zero attached hydrogens (tertiary/aromatic N) is 2. The van der Waals surface area contributed by atoms with E-state index in [9.17, 15) is 17.2 Å². The third-order valence-corrected chi connectivity index (χ3v) is 8.22. The molecule has 1 saturated heterocycles. The van der Waals surface area contributed by atoms with E-state index in [1.807, 2.05) is 24.3 Å². The van der Waals surface area contributed by atoms with Crippen molar-refractivity contribution >= 4 is 10.0 Å². The molecule has 186 valence electrons. The Balaban J connectivity index is 1.22. The van der Waals surface area contributed by atoms with Gasteiger partial charge in [-0.15, -0.1) is 0 Å². The summed E-state index contributed by atoms with van der Waals surface area (Å²) in [5.41, 5.74) is 2.01. The van der Waals surface area contributed by atoms with Crippen LogP contribution in [0.3, 0.4) is 0 Å². The van der Waals surface area contributed by atoms with Crippen molar-refractivity contribution in [2.75, 3.05) is 38.5 Å². The largest absolute Gasteiger partial charge is 0.301 e. The summed E-state index contributed by atoms with van der Waals surface area (Å²) in [5, 5.41) is 0. The second-order valence-electron chi connectivity index (χ2n) is 9.51. The average Bonchev–Trinajstić information content (AvgIpc) is 3.63. The van der Waals surface area contributed by atoms with Crippen molar-refractivity contribution in [3.05, 3.63) is 71.3 Å². The molecular weight excluding hydrogens is 456 g/mol. The van der Waals surface area contributed by atoms with Gasteiger partial charge in [0.05, 0.1) is 11.8 Å². The van der Waals surface area contributed by atoms with E-state index in [4.69, 9.17) is 0 Å². The summed E-state index contributed by atoms with van der Waals surface area (Å²) in [6, 6.07) is 13.3. The minimum absolute atomic E-state index is 0.0328. The van der Waals surface area contributed by atoms with E-state index >= 15 is 0 Å². The summed E-state index contributed by atoms with van der Waals surface area (Å²) in [6.45, 7) is 4.66. The fraction of sp³-hybridized carbons (Fsp3) is 0.538. The van der Waals surface area contributed by atoms with Gasteiger partial charge in [-0.2, -0.15) is 0 Å². The molecule has 0 atom stereocenters. The highest BCUT2D eigenvalue weighted by molar-refractivity contribution is 7.89. The van der Waals surface area contributed by atoms with Crippen LogP contribution in [-0.4, -0.2) is 62.7 Å². The number of piperazine rings is 1. The number of benzene rings is 2. The Bertz CT molecular complexity index is 958. The van der Waals surface area contributed by atoms with Crippen molar-refractivity contribution in [2.24, 2.45) is 0 Å². The van der Waals surface area contributed by atoms with Gasteiger partial charge in [-0.05, 0) is 67.6 Å². The molecule has 34 heavy (non-hydrogen) atoms. The third kappa shape index (κ3) is 7.57. The number of nitrogens with one attached hydrogen (secondary N) is 1. The molecule has 2 fully saturated rings. The van der Waals surface area contributed by atoms with Gasteiger partial charge in [-0.3, -0.25) is 4.90 Å². The van der Waals surface area contributed by atoms with Gasteiger partial charge >= 0.3 is 0 Å². The second kappa shape index (κ2) is 11.7. The van der Waals surface area contributed by atoms with Gasteiger partial charge in [0.15, 0.2) is 0 Å². The van der Waals surface area contributed by atoms with Crippen molar-refractivity contribution in [2.45, 2.75) is 50.6 Å². The van der Waals surface area contributed by atoms with Gasteiger partial charge in [-0.1, -0.05) is 37.1 Å². The fourth-order valence-corrected chi connectivity index (χ4v) is 6.09. The van der Waals surface area contributed by atoms with Crippen LogP contribution in [0.2, 0.25) is 0 Å². The summed E-state index contributed by atoms with van der Waals surface area (Å²) < 4.78 is 53.6. The zero-order valence-corrected chi connectivity index (χ0v) is 20.5. The van der Waals surface area contributed by atoms with E-state index in [0.29, 0.717) is 6.42 Å². The van der Waals surface area contributed by atoms with Crippen LogP contribution in [-0.2, 0) is 10.0 Å². The smallest absolute Gasteiger partial charge is 0.211 e. The van der Waals surface area contributed by atoms with E-state index in [1.165, 1.54) is 24.3 Å². The van der Waals surface area contributed by atoms with Crippen LogP contribution in [0.1, 0.15) is 55.7 Å². The molecule has 2 aromatic rings. The van der Waals surface area contributed by atoms with Crippen molar-refractivity contribution < 1.29 is 17.2 Å². The van der Waals surface area contributed by atoms with Gasteiger partial charge in [0.25, 0.3) is 0 Å². The quantitative estimate of drug-likeness (QED) is 0.450. The molecule has 1 aliphatic heterocycles. The molecule has 2 aromatic carbocycles. The zero-order chi connectivity index (χ0) is 24.0. The van der Waals surface area contributed by atoms with E-state index in [2.05, 4.69) is 14.5 Å². The third-order valence-electron chi connectivity index (χ3n) is 6.70. The van der Waals surface area contributed by atoms with E-state index in [0.717, 1.165) is 76.0 Å². The number of sulfonamides is 1. The monoisotopic (exact) mass is 491 g/mol. The fourth-order valence-electron chi connectivity index (χ4n) is 4.64. The molecule has 4 rings (SSSR count). The summed E-state index contributed by atoms with van der Waals surface area (Å²) in [7, 11) is -3.10. The summed E-state index contributed by atoms with van der Waals surface area (Å²) in [4.78, 5) is 4.84. The molecule has 5 nitrogen and oxygen atoms in total. The van der Waals surface area contributed by atoms with Crippen molar-refractivity contribution in [3.8, 4) is 0 Å². The Morgan fingerprint density at radius 1 is 0.794 bits per heavy atom. The summed E-state index contributed by atoms with van der Waals surface area (Å²) in [6.07, 6.45) is 5.69. The highest BCUT2D eigenvalue weighted by Gasteiger charge is 2.27. The number of hydrogen-bond acceptors (Lipinski definition) is 4. The molecule has 1 N–H and O–H groups in total. The van der Waals surface area contributed by atoms with Crippen molar-refractivity contribution in [1.82, 2.24) is 14.5 Å². The zero-order valence-electron chi connectivity index (χ0n) is 19.6. The number of unbranched alkanes of at least 4 members (excludes halogenated alkanes) is 3. The van der Waals surface area contributed by atoms with E-state index in [-0.39, 0.29) is 29.5 Å². The molecule has 0 aromatic heterocycles. The average molecular weight is 492 g/mol. The molecular formula is C26H35F2N3O2S. The topological polar surface area (TPSA) is 52.7 Å². The molecule has 0 radical (unpaired) electrons. The maximum Gasteiger partial charge on any atom is 0.211 e. The van der Waals surface area contributed by atoms with Crippen LogP contribution in [0.5, 0.6) is 0 Å². The molecule has 0 amide bonds. The van der Waals surface area contributed by atoms with Gasteiger partial charge < -0.3 is 4.90 Å². The van der Waals surface area contributed by atoms with Crippen LogP contribution in [0, 0.1) is 11.6 Å². The van der Waals surface area contributed by atoms with E-state index in [1.54, 1.807) is 0 Å². The van der Waals surface area contributed by atoms with Crippen molar-refractivity contribution in [3.63, 3.8) is 0 Å². The first kappa shape index (κ1) is 25.2. The Labute approximate surface area is 202 Å². The highest BCUT2D eigenvalue weighted by atomic mass is 32.2. The molecule has 0 spiro atoms. The van der Waals surface area contributed by atoms with Gasteiger partial charge in [-0.25, -0.2) is 21.9 Å². The van der Waals surface area contributed by atoms with E-state index < -0.39 is 10.0 Å². The van der Waals surface area contributed by atoms with Crippen molar-refractivity contribution in [1.29, 1.82) is 0 Å². The molecule has 1 saturated carbocycles. The maximum absolute atomic E-state index is 13.5. The lowest BCUT2D eigenvalue weighted by atomic mass is 9.96. The minimum atomic E-state index is -3.10. The van der Waals surface area contributed by atoms with Crippen LogP contribution in [0.25, 0.3) is 0 Å². The first-order valence-corrected chi connectivity index (χ1v) is 14.0. The highest BCUT2D eigenvalue weighted by Crippen LogP contribution is 2.30. The van der Waals surface area contributed by atoms with Gasteiger partial charge in [0, 0.05) is 32.2 Å². The summed E-state index contributed by atoms with van der Waals surface area (Å²) >= 11 is 0. The Kier molecular flexibility index (Phi) is 8.69. The normalized spacial score (nSPS) is 18.0. The first-order valence-electron chi connectivity index (χ1n) is 12.4. The molecule has 1 aliphatic carbocycles. The maximum atomic E-state index is 13.5. The molecule has 0 unspecified atom stereocenters. The number of hydrogen-bond donors (Lipinski definition) is 1. The van der Waals surface area contributed by atoms with Crippen LogP contribution >= 0.6 is 0 Å². The second-order valence-corrected chi connectivity index (χ2v) is 11.4. The number of rotatable bonds is 12. The van der Waals surface area contributed by atoms with Crippen LogP contribution < -0.4 is 4.72 Å². The minimum Gasteiger partial charge on any atom is -0.301 e. The molecule has 0 bridgehead atoms. The lowest BCUT2D eigenvalue weighted by molar-refractivity contribution is 0.108. The molecule has 8 heteroatoms.